The van der Waals surface area contributed by atoms with Gasteiger partial charge in [0.05, 0.1) is 5.71 Å². The Morgan fingerprint density at radius 1 is 1.14 bits per heavy atom. The molecule has 1 aromatic carbocycles. The summed E-state index contributed by atoms with van der Waals surface area (Å²) >= 11 is 11.7. The third-order valence-corrected chi connectivity index (χ3v) is 2.09. The molecule has 0 aromatic heterocycles. The molecule has 0 fully saturated rings. The van der Waals surface area contributed by atoms with Gasteiger partial charge in [0.15, 0.2) is 0 Å². The number of benzene rings is 1. The monoisotopic (exact) mass is 229 g/mol. The minimum atomic E-state index is -0.570. The first-order valence-electron chi connectivity index (χ1n) is 4.52. The van der Waals surface area contributed by atoms with Crippen molar-refractivity contribution < 1.29 is 0 Å². The molecule has 0 heterocycles. The quantitative estimate of drug-likeness (QED) is 0.554. The summed E-state index contributed by atoms with van der Waals surface area (Å²) in [6.07, 6.45) is 0. The molecule has 0 saturated carbocycles. The van der Waals surface area contributed by atoms with Crippen LogP contribution in [0.5, 0.6) is 0 Å². The smallest absolute Gasteiger partial charge is 0.149 e. The molecular formula is C11H13Cl2N. The first kappa shape index (κ1) is 11.5. The van der Waals surface area contributed by atoms with Gasteiger partial charge in [-0.1, -0.05) is 53.5 Å². The Bertz CT molecular complexity index is 304. The average molecular weight is 230 g/mol. The number of hydrogen-bond donors (Lipinski definition) is 0. The second-order valence-electron chi connectivity index (χ2n) is 3.27. The van der Waals surface area contributed by atoms with Crippen molar-refractivity contribution in [3.63, 3.8) is 0 Å². The molecular weight excluding hydrogens is 217 g/mol. The van der Waals surface area contributed by atoms with E-state index in [1.54, 1.807) is 0 Å². The van der Waals surface area contributed by atoms with Crippen molar-refractivity contribution in [2.75, 3.05) is 0 Å². The van der Waals surface area contributed by atoms with Crippen LogP contribution in [-0.4, -0.2) is 16.6 Å². The summed E-state index contributed by atoms with van der Waals surface area (Å²) in [5.41, 5.74) is 1.72. The second-order valence-corrected chi connectivity index (χ2v) is 4.37. The highest BCUT2D eigenvalue weighted by molar-refractivity contribution is 6.56. The van der Waals surface area contributed by atoms with Gasteiger partial charge in [-0.15, -0.1) is 0 Å². The van der Waals surface area contributed by atoms with Crippen molar-refractivity contribution in [2.24, 2.45) is 4.99 Å². The molecule has 0 aliphatic heterocycles. The molecule has 3 heteroatoms. The average Bonchev–Trinajstić information content (AvgIpc) is 2.15. The van der Waals surface area contributed by atoms with E-state index in [0.29, 0.717) is 0 Å². The summed E-state index contributed by atoms with van der Waals surface area (Å²) in [4.78, 5) is 3.83. The van der Waals surface area contributed by atoms with Gasteiger partial charge in [0.1, 0.15) is 4.84 Å². The fourth-order valence-electron chi connectivity index (χ4n) is 1.14. The van der Waals surface area contributed by atoms with Gasteiger partial charge in [-0.25, -0.2) is 0 Å². The van der Waals surface area contributed by atoms with E-state index in [2.05, 4.69) is 4.99 Å². The summed E-state index contributed by atoms with van der Waals surface area (Å²) in [5.74, 6) is 0. The van der Waals surface area contributed by atoms with Crippen LogP contribution in [0.4, 0.5) is 0 Å². The van der Waals surface area contributed by atoms with E-state index in [9.17, 15) is 0 Å². The van der Waals surface area contributed by atoms with Crippen LogP contribution < -0.4 is 0 Å². The number of rotatable bonds is 3. The van der Waals surface area contributed by atoms with Crippen LogP contribution in [0, 0.1) is 0 Å². The van der Waals surface area contributed by atoms with Crippen molar-refractivity contribution in [1.29, 1.82) is 0 Å². The van der Waals surface area contributed by atoms with E-state index < -0.39 is 4.84 Å². The molecule has 0 atom stereocenters. The van der Waals surface area contributed by atoms with Crippen molar-refractivity contribution in [3.8, 4) is 0 Å². The molecule has 1 aromatic rings. The van der Waals surface area contributed by atoms with Gasteiger partial charge in [0, 0.05) is 6.04 Å². The summed E-state index contributed by atoms with van der Waals surface area (Å²) in [7, 11) is 0. The summed E-state index contributed by atoms with van der Waals surface area (Å²) < 4.78 is 0. The molecule has 1 rings (SSSR count). The van der Waals surface area contributed by atoms with Gasteiger partial charge >= 0.3 is 0 Å². The molecule has 0 aliphatic carbocycles. The maximum Gasteiger partial charge on any atom is 0.149 e. The molecule has 0 unspecified atom stereocenters. The number of hydrogen-bond acceptors (Lipinski definition) is 1. The molecule has 0 bridgehead atoms. The zero-order valence-corrected chi connectivity index (χ0v) is 9.76. The van der Waals surface area contributed by atoms with Crippen LogP contribution in [0.1, 0.15) is 19.4 Å². The normalized spacial score (nSPS) is 12.6. The van der Waals surface area contributed by atoms with E-state index in [0.717, 1.165) is 11.3 Å². The SMILES string of the molecule is CC(C)N=C(c1ccccc1)C(Cl)Cl. The minimum Gasteiger partial charge on any atom is -0.284 e. The Morgan fingerprint density at radius 3 is 2.14 bits per heavy atom. The van der Waals surface area contributed by atoms with E-state index in [1.807, 2.05) is 44.2 Å². The fraction of sp³-hybridized carbons (Fsp3) is 0.364. The van der Waals surface area contributed by atoms with Gasteiger partial charge in [0.2, 0.25) is 0 Å². The Balaban J connectivity index is 3.01. The first-order chi connectivity index (χ1) is 6.61. The van der Waals surface area contributed by atoms with Crippen LogP contribution in [0.3, 0.4) is 0 Å². The van der Waals surface area contributed by atoms with Crippen LogP contribution in [0.15, 0.2) is 35.3 Å². The zero-order valence-electron chi connectivity index (χ0n) is 8.24. The maximum atomic E-state index is 5.86. The van der Waals surface area contributed by atoms with Crippen molar-refractivity contribution in [2.45, 2.75) is 24.7 Å². The predicted octanol–water partition coefficient (Wildman–Crippen LogP) is 3.69. The Kier molecular flexibility index (Phi) is 4.43. The molecule has 0 aliphatic rings. The lowest BCUT2D eigenvalue weighted by Gasteiger charge is -2.09. The lowest BCUT2D eigenvalue weighted by molar-refractivity contribution is 0.835. The zero-order chi connectivity index (χ0) is 10.6. The highest BCUT2D eigenvalue weighted by atomic mass is 35.5. The Labute approximate surface area is 94.8 Å². The lowest BCUT2D eigenvalue weighted by Crippen LogP contribution is -2.12. The second kappa shape index (κ2) is 5.38. The summed E-state index contributed by atoms with van der Waals surface area (Å²) in [5, 5.41) is 0. The topological polar surface area (TPSA) is 12.4 Å². The molecule has 0 spiro atoms. The summed E-state index contributed by atoms with van der Waals surface area (Å²) in [6.45, 7) is 4.00. The largest absolute Gasteiger partial charge is 0.284 e. The molecule has 14 heavy (non-hydrogen) atoms. The van der Waals surface area contributed by atoms with Crippen molar-refractivity contribution >= 4 is 28.9 Å². The maximum absolute atomic E-state index is 5.86. The summed E-state index contributed by atoms with van der Waals surface area (Å²) in [6, 6.07) is 9.96. The van der Waals surface area contributed by atoms with Gasteiger partial charge < -0.3 is 0 Å². The number of halogens is 2. The third-order valence-electron chi connectivity index (χ3n) is 1.67. The molecule has 0 N–H and O–H groups in total. The van der Waals surface area contributed by atoms with E-state index in [1.165, 1.54) is 0 Å². The van der Waals surface area contributed by atoms with Crippen molar-refractivity contribution in [1.82, 2.24) is 0 Å². The highest BCUT2D eigenvalue weighted by Crippen LogP contribution is 2.14. The molecule has 76 valence electrons. The van der Waals surface area contributed by atoms with E-state index in [4.69, 9.17) is 23.2 Å². The Morgan fingerprint density at radius 2 is 1.71 bits per heavy atom. The molecule has 0 radical (unpaired) electrons. The van der Waals surface area contributed by atoms with E-state index in [-0.39, 0.29) is 6.04 Å². The molecule has 1 nitrogen and oxygen atoms in total. The van der Waals surface area contributed by atoms with Crippen LogP contribution in [-0.2, 0) is 0 Å². The van der Waals surface area contributed by atoms with Crippen LogP contribution >= 0.6 is 23.2 Å². The molecule has 0 saturated heterocycles. The fourth-order valence-corrected chi connectivity index (χ4v) is 1.51. The van der Waals surface area contributed by atoms with Crippen LogP contribution in [0.2, 0.25) is 0 Å². The van der Waals surface area contributed by atoms with Gasteiger partial charge in [0.25, 0.3) is 0 Å². The van der Waals surface area contributed by atoms with Gasteiger partial charge in [-0.05, 0) is 19.4 Å². The van der Waals surface area contributed by atoms with Gasteiger partial charge in [-0.3, -0.25) is 4.99 Å². The minimum absolute atomic E-state index is 0.199. The first-order valence-corrected chi connectivity index (χ1v) is 5.40. The van der Waals surface area contributed by atoms with E-state index >= 15 is 0 Å². The number of nitrogens with zero attached hydrogens (tertiary/aromatic N) is 1. The predicted molar refractivity (Wildman–Crippen MR) is 63.6 cm³/mol. The molecule has 0 amide bonds. The highest BCUT2D eigenvalue weighted by Gasteiger charge is 2.11. The third kappa shape index (κ3) is 3.32. The van der Waals surface area contributed by atoms with Crippen molar-refractivity contribution in [3.05, 3.63) is 35.9 Å². The number of aliphatic imine (C=N–C) groups is 1. The van der Waals surface area contributed by atoms with Gasteiger partial charge in [-0.2, -0.15) is 0 Å². The standard InChI is InChI=1S/C11H13Cl2N/c1-8(2)14-10(11(12)13)9-6-4-3-5-7-9/h3-8,11H,1-2H3. The number of alkyl halides is 2. The Hall–Kier alpha value is -0.530. The van der Waals surface area contributed by atoms with Crippen LogP contribution in [0.25, 0.3) is 0 Å². The lowest BCUT2D eigenvalue weighted by atomic mass is 10.1.